The largest absolute Gasteiger partial charge is 0.348 e. The molecule has 18 heavy (non-hydrogen) atoms. The Kier molecular flexibility index (Phi) is 3.02. The van der Waals surface area contributed by atoms with Crippen LogP contribution < -0.4 is 5.32 Å². The average Bonchev–Trinajstić information content (AvgIpc) is 2.66. The Hall–Kier alpha value is -0.620. The Morgan fingerprint density at radius 2 is 1.83 bits per heavy atom. The van der Waals surface area contributed by atoms with Crippen LogP contribution in [0.2, 0.25) is 0 Å². The minimum atomic E-state index is -1.67. The van der Waals surface area contributed by atoms with E-state index in [0.717, 1.165) is 0 Å². The van der Waals surface area contributed by atoms with Crippen molar-refractivity contribution in [3.05, 3.63) is 11.1 Å². The number of fused-ring (bicyclic) bond motifs is 1. The molecular weight excluding hydrogens is 281 g/mol. The predicted octanol–water partition coefficient (Wildman–Crippen LogP) is 1.14. The summed E-state index contributed by atoms with van der Waals surface area (Å²) in [6.07, 6.45) is 0.194. The Bertz CT molecular complexity index is 460. The molecule has 7 heteroatoms. The molecule has 1 aliphatic heterocycles. The smallest absolute Gasteiger partial charge is 0.254 e. The molecule has 0 spiro atoms. The van der Waals surface area contributed by atoms with E-state index in [4.69, 9.17) is 32.7 Å². The van der Waals surface area contributed by atoms with E-state index in [2.05, 4.69) is 5.32 Å². The SMILES string of the molecule is COC1(OC)/C(=C/Cl)CC2(C)C(=O)NC(=O)C21Cl. The second-order valence-corrected chi connectivity index (χ2v) is 5.39. The number of carbonyl (C=O) groups is 2. The van der Waals surface area contributed by atoms with Crippen LogP contribution in [0, 0.1) is 5.41 Å². The monoisotopic (exact) mass is 293 g/mol. The van der Waals surface area contributed by atoms with Crippen molar-refractivity contribution in [3.8, 4) is 0 Å². The van der Waals surface area contributed by atoms with Gasteiger partial charge in [-0.2, -0.15) is 0 Å². The highest BCUT2D eigenvalue weighted by atomic mass is 35.5. The first-order valence-corrected chi connectivity index (χ1v) is 6.10. The molecule has 2 rings (SSSR count). The molecule has 1 saturated heterocycles. The van der Waals surface area contributed by atoms with Crippen molar-refractivity contribution in [3.63, 3.8) is 0 Å². The Balaban J connectivity index is 2.74. The minimum absolute atomic E-state index is 0.194. The molecule has 0 aromatic carbocycles. The Morgan fingerprint density at radius 1 is 1.28 bits per heavy atom. The van der Waals surface area contributed by atoms with Gasteiger partial charge >= 0.3 is 0 Å². The molecule has 2 amide bonds. The highest BCUT2D eigenvalue weighted by molar-refractivity contribution is 6.43. The third-order valence-electron chi connectivity index (χ3n) is 3.93. The quantitative estimate of drug-likeness (QED) is 0.471. The van der Waals surface area contributed by atoms with E-state index in [0.29, 0.717) is 5.57 Å². The number of rotatable bonds is 2. The molecule has 1 aliphatic carbocycles. The van der Waals surface area contributed by atoms with Crippen molar-refractivity contribution in [2.45, 2.75) is 24.0 Å². The van der Waals surface area contributed by atoms with Crippen LogP contribution in [0.15, 0.2) is 11.1 Å². The van der Waals surface area contributed by atoms with Gasteiger partial charge in [0.25, 0.3) is 5.91 Å². The normalized spacial score (nSPS) is 40.2. The number of nitrogens with one attached hydrogen (secondary N) is 1. The maximum Gasteiger partial charge on any atom is 0.254 e. The third kappa shape index (κ3) is 1.16. The lowest BCUT2D eigenvalue weighted by Gasteiger charge is -2.39. The van der Waals surface area contributed by atoms with Crippen LogP contribution in [-0.4, -0.2) is 36.7 Å². The molecule has 2 atom stereocenters. The second kappa shape index (κ2) is 3.93. The van der Waals surface area contributed by atoms with Crippen LogP contribution in [0.3, 0.4) is 0 Å². The van der Waals surface area contributed by atoms with E-state index in [1.807, 2.05) is 0 Å². The number of amides is 2. The third-order valence-corrected chi connectivity index (χ3v) is 5.03. The molecule has 2 fully saturated rings. The fraction of sp³-hybridized carbons (Fsp3) is 0.636. The molecule has 2 aliphatic rings. The van der Waals surface area contributed by atoms with Gasteiger partial charge in [-0.25, -0.2) is 0 Å². The fourth-order valence-corrected chi connectivity index (χ4v) is 3.60. The molecule has 0 bridgehead atoms. The molecule has 2 unspecified atom stereocenters. The first-order valence-electron chi connectivity index (χ1n) is 5.29. The van der Waals surface area contributed by atoms with Crippen LogP contribution in [0.25, 0.3) is 0 Å². The van der Waals surface area contributed by atoms with E-state index >= 15 is 0 Å². The maximum absolute atomic E-state index is 12.1. The van der Waals surface area contributed by atoms with Crippen LogP contribution in [-0.2, 0) is 19.1 Å². The summed E-state index contributed by atoms with van der Waals surface area (Å²) in [5, 5.41) is 2.23. The second-order valence-electron chi connectivity index (χ2n) is 4.61. The van der Waals surface area contributed by atoms with Crippen LogP contribution in [0.1, 0.15) is 13.3 Å². The number of hydrogen-bond acceptors (Lipinski definition) is 4. The van der Waals surface area contributed by atoms with Gasteiger partial charge in [-0.3, -0.25) is 14.9 Å². The molecule has 0 radical (unpaired) electrons. The number of alkyl halides is 1. The average molecular weight is 294 g/mol. The summed E-state index contributed by atoms with van der Waals surface area (Å²) in [5.41, 5.74) is 0.564. The van der Waals surface area contributed by atoms with Crippen molar-refractivity contribution in [1.82, 2.24) is 5.32 Å². The number of halogens is 2. The van der Waals surface area contributed by atoms with Crippen molar-refractivity contribution in [2.24, 2.45) is 5.41 Å². The van der Waals surface area contributed by atoms with Crippen molar-refractivity contribution < 1.29 is 19.1 Å². The first-order chi connectivity index (χ1) is 8.34. The van der Waals surface area contributed by atoms with Crippen molar-refractivity contribution in [2.75, 3.05) is 14.2 Å². The van der Waals surface area contributed by atoms with E-state index in [9.17, 15) is 9.59 Å². The van der Waals surface area contributed by atoms with Gasteiger partial charge in [0.15, 0.2) is 4.87 Å². The topological polar surface area (TPSA) is 64.6 Å². The van der Waals surface area contributed by atoms with E-state index in [-0.39, 0.29) is 6.42 Å². The zero-order valence-electron chi connectivity index (χ0n) is 10.2. The zero-order valence-corrected chi connectivity index (χ0v) is 11.7. The summed E-state index contributed by atoms with van der Waals surface area (Å²) < 4.78 is 10.7. The highest BCUT2D eigenvalue weighted by Gasteiger charge is 2.79. The predicted molar refractivity (Wildman–Crippen MR) is 65.1 cm³/mol. The summed E-state index contributed by atoms with van der Waals surface area (Å²) >= 11 is 12.2. The molecule has 1 heterocycles. The molecule has 5 nitrogen and oxygen atoms in total. The summed E-state index contributed by atoms with van der Waals surface area (Å²) in [6, 6.07) is 0. The molecular formula is C11H13Cl2NO4. The lowest BCUT2D eigenvalue weighted by molar-refractivity contribution is -0.199. The van der Waals surface area contributed by atoms with Crippen molar-refractivity contribution in [1.29, 1.82) is 0 Å². The van der Waals surface area contributed by atoms with Gasteiger partial charge in [-0.1, -0.05) is 11.6 Å². The Labute approximate surface area is 114 Å². The summed E-state index contributed by atoms with van der Waals surface area (Å²) in [4.78, 5) is 22.4. The number of carbonyl (C=O) groups excluding carboxylic acids is 2. The molecule has 1 saturated carbocycles. The number of methoxy groups -OCH3 is 2. The van der Waals surface area contributed by atoms with Gasteiger partial charge in [-0.15, -0.1) is 11.6 Å². The van der Waals surface area contributed by atoms with E-state index < -0.39 is 27.9 Å². The van der Waals surface area contributed by atoms with Gasteiger partial charge < -0.3 is 9.47 Å². The van der Waals surface area contributed by atoms with Gasteiger partial charge in [0, 0.05) is 25.3 Å². The van der Waals surface area contributed by atoms with Crippen LogP contribution in [0.5, 0.6) is 0 Å². The number of hydrogen-bond donors (Lipinski definition) is 1. The standard InChI is InChI=1S/C11H13Cl2NO4/c1-9-4-6(5-12)11(17-2,18-3)10(9,13)8(16)14-7(9)15/h5H,4H2,1-3H3,(H,14,15,16)/b6-5+. The van der Waals surface area contributed by atoms with Gasteiger partial charge in [0.1, 0.15) is 0 Å². The van der Waals surface area contributed by atoms with E-state index in [1.165, 1.54) is 19.8 Å². The minimum Gasteiger partial charge on any atom is -0.348 e. The molecule has 0 aromatic rings. The maximum atomic E-state index is 12.1. The highest BCUT2D eigenvalue weighted by Crippen LogP contribution is 2.62. The first kappa shape index (κ1) is 13.8. The van der Waals surface area contributed by atoms with Crippen LogP contribution in [0.4, 0.5) is 0 Å². The molecule has 0 aromatic heterocycles. The molecule has 100 valence electrons. The summed E-state index contributed by atoms with van der Waals surface area (Å²) in [5.74, 6) is -2.62. The van der Waals surface area contributed by atoms with E-state index in [1.54, 1.807) is 6.92 Å². The zero-order chi connectivity index (χ0) is 13.8. The lowest BCUT2D eigenvalue weighted by atomic mass is 9.79. The number of ether oxygens (including phenoxy) is 2. The Morgan fingerprint density at radius 3 is 2.28 bits per heavy atom. The fourth-order valence-electron chi connectivity index (χ4n) is 2.90. The lowest BCUT2D eigenvalue weighted by Crippen LogP contribution is -2.59. The summed E-state index contributed by atoms with van der Waals surface area (Å²) in [6.45, 7) is 1.60. The van der Waals surface area contributed by atoms with Crippen molar-refractivity contribution >= 4 is 35.0 Å². The van der Waals surface area contributed by atoms with Gasteiger partial charge in [0.05, 0.1) is 5.41 Å². The van der Waals surface area contributed by atoms with Gasteiger partial charge in [0.2, 0.25) is 11.7 Å². The van der Waals surface area contributed by atoms with Gasteiger partial charge in [-0.05, 0) is 13.3 Å². The summed E-state index contributed by atoms with van der Waals surface area (Å²) in [7, 11) is 2.71. The van der Waals surface area contributed by atoms with Crippen LogP contribution >= 0.6 is 23.2 Å². The number of imide groups is 1. The molecule has 1 N–H and O–H groups in total.